The number of thioether (sulfide) groups is 1. The normalized spacial score (nSPS) is 13.3. The number of benzene rings is 1. The first-order chi connectivity index (χ1) is 12.1. The molecule has 1 aliphatic rings. The highest BCUT2D eigenvalue weighted by molar-refractivity contribution is 7.98. The van der Waals surface area contributed by atoms with Crippen molar-refractivity contribution in [3.8, 4) is 12.3 Å². The van der Waals surface area contributed by atoms with Gasteiger partial charge in [0.15, 0.2) is 12.4 Å². The Bertz CT molecular complexity index is 880. The molecule has 2 aromatic rings. The van der Waals surface area contributed by atoms with E-state index in [0.29, 0.717) is 10.8 Å². The number of rotatable bonds is 6. The first kappa shape index (κ1) is 17.6. The summed E-state index contributed by atoms with van der Waals surface area (Å²) in [6.45, 7) is -0.207. The SMILES string of the molecule is C#CCOC(=O)c1noc(C2CC2)c1C(=O)c1ccc(SC)cc1Cl. The molecule has 0 aliphatic heterocycles. The molecule has 0 N–H and O–H groups in total. The number of terminal acetylenes is 1. The zero-order chi connectivity index (χ0) is 18.0. The summed E-state index contributed by atoms with van der Waals surface area (Å²) in [6, 6.07) is 5.14. The molecule has 25 heavy (non-hydrogen) atoms. The van der Waals surface area contributed by atoms with E-state index < -0.39 is 11.8 Å². The second kappa shape index (κ2) is 7.34. The van der Waals surface area contributed by atoms with E-state index in [2.05, 4.69) is 11.1 Å². The highest BCUT2D eigenvalue weighted by Crippen LogP contribution is 2.43. The van der Waals surface area contributed by atoms with Gasteiger partial charge < -0.3 is 9.26 Å². The number of carbonyl (C=O) groups is 2. The number of carbonyl (C=O) groups excluding carboxylic acids is 2. The molecule has 0 unspecified atom stereocenters. The third-order valence-electron chi connectivity index (χ3n) is 3.79. The minimum Gasteiger partial charge on any atom is -0.448 e. The van der Waals surface area contributed by atoms with Crippen molar-refractivity contribution in [3.05, 3.63) is 45.8 Å². The van der Waals surface area contributed by atoms with Crippen LogP contribution in [0.3, 0.4) is 0 Å². The van der Waals surface area contributed by atoms with E-state index in [-0.39, 0.29) is 29.3 Å². The lowest BCUT2D eigenvalue weighted by Crippen LogP contribution is -2.13. The predicted molar refractivity (Wildman–Crippen MR) is 94.3 cm³/mol. The van der Waals surface area contributed by atoms with Crippen molar-refractivity contribution in [3.63, 3.8) is 0 Å². The van der Waals surface area contributed by atoms with Gasteiger partial charge in [0.05, 0.1) is 5.02 Å². The summed E-state index contributed by atoms with van der Waals surface area (Å²) in [5.74, 6) is 1.50. The molecular weight excluding hydrogens is 362 g/mol. The number of hydrogen-bond donors (Lipinski definition) is 0. The van der Waals surface area contributed by atoms with Gasteiger partial charge in [-0.3, -0.25) is 4.79 Å². The second-order valence-electron chi connectivity index (χ2n) is 5.50. The van der Waals surface area contributed by atoms with Gasteiger partial charge in [-0.05, 0) is 37.3 Å². The van der Waals surface area contributed by atoms with Gasteiger partial charge in [-0.25, -0.2) is 4.79 Å². The molecule has 1 saturated carbocycles. The van der Waals surface area contributed by atoms with Crippen LogP contribution in [0.1, 0.15) is 50.9 Å². The molecule has 3 rings (SSSR count). The summed E-state index contributed by atoms with van der Waals surface area (Å²) in [7, 11) is 0. The Morgan fingerprint density at radius 3 is 2.84 bits per heavy atom. The number of nitrogens with zero attached hydrogens (tertiary/aromatic N) is 1. The molecule has 0 bridgehead atoms. The maximum Gasteiger partial charge on any atom is 0.362 e. The minimum absolute atomic E-state index is 0.0879. The van der Waals surface area contributed by atoms with Crippen LogP contribution in [0.25, 0.3) is 0 Å². The molecular formula is C18H14ClNO4S. The van der Waals surface area contributed by atoms with Crippen molar-refractivity contribution >= 4 is 35.1 Å². The summed E-state index contributed by atoms with van der Waals surface area (Å²) >= 11 is 7.77. The Labute approximate surface area is 154 Å². The van der Waals surface area contributed by atoms with Crippen molar-refractivity contribution in [2.24, 2.45) is 0 Å². The van der Waals surface area contributed by atoms with Crippen LogP contribution in [0.2, 0.25) is 5.02 Å². The largest absolute Gasteiger partial charge is 0.448 e. The van der Waals surface area contributed by atoms with Gasteiger partial charge >= 0.3 is 5.97 Å². The fourth-order valence-electron chi connectivity index (χ4n) is 2.40. The number of hydrogen-bond acceptors (Lipinski definition) is 6. The summed E-state index contributed by atoms with van der Waals surface area (Å²) in [6.07, 6.45) is 8.78. The molecule has 7 heteroatoms. The van der Waals surface area contributed by atoms with Crippen LogP contribution in [0, 0.1) is 12.3 Å². The lowest BCUT2D eigenvalue weighted by molar-refractivity contribution is 0.0542. The minimum atomic E-state index is -0.784. The summed E-state index contributed by atoms with van der Waals surface area (Å²) in [5.41, 5.74) is 0.242. The lowest BCUT2D eigenvalue weighted by atomic mass is 9.99. The number of ether oxygens (including phenoxy) is 1. The Morgan fingerprint density at radius 1 is 1.48 bits per heavy atom. The quantitative estimate of drug-likeness (QED) is 0.329. The zero-order valence-electron chi connectivity index (χ0n) is 13.4. The summed E-state index contributed by atoms with van der Waals surface area (Å²) in [4.78, 5) is 26.1. The third-order valence-corrected chi connectivity index (χ3v) is 4.83. The third kappa shape index (κ3) is 3.58. The molecule has 0 radical (unpaired) electrons. The Hall–Kier alpha value is -2.23. The second-order valence-corrected chi connectivity index (χ2v) is 6.79. The predicted octanol–water partition coefficient (Wildman–Crippen LogP) is 3.95. The molecule has 1 fully saturated rings. The lowest BCUT2D eigenvalue weighted by Gasteiger charge is -2.06. The molecule has 1 aromatic carbocycles. The monoisotopic (exact) mass is 375 g/mol. The van der Waals surface area contributed by atoms with Crippen LogP contribution >= 0.6 is 23.4 Å². The number of aromatic nitrogens is 1. The highest BCUT2D eigenvalue weighted by Gasteiger charge is 2.37. The van der Waals surface area contributed by atoms with E-state index in [4.69, 9.17) is 27.3 Å². The average Bonchev–Trinajstić information content (AvgIpc) is 3.37. The average molecular weight is 376 g/mol. The van der Waals surface area contributed by atoms with Crippen molar-refractivity contribution in [2.75, 3.05) is 12.9 Å². The topological polar surface area (TPSA) is 69.4 Å². The maximum atomic E-state index is 13.0. The number of halogens is 1. The van der Waals surface area contributed by atoms with Crippen LogP contribution in [-0.2, 0) is 4.74 Å². The van der Waals surface area contributed by atoms with Crippen LogP contribution in [0.5, 0.6) is 0 Å². The zero-order valence-corrected chi connectivity index (χ0v) is 14.9. The molecule has 5 nitrogen and oxygen atoms in total. The van der Waals surface area contributed by atoms with E-state index in [0.717, 1.165) is 17.7 Å². The number of ketones is 1. The standard InChI is InChI=1S/C18H14ClNO4S/c1-3-8-23-18(22)15-14(17(24-20-15)10-4-5-10)16(21)12-7-6-11(25-2)9-13(12)19/h1,6-7,9-10H,4-5,8H2,2H3. The van der Waals surface area contributed by atoms with Crippen LogP contribution in [-0.4, -0.2) is 29.8 Å². The fourth-order valence-corrected chi connectivity index (χ4v) is 3.17. The van der Waals surface area contributed by atoms with Gasteiger partial charge in [0.1, 0.15) is 5.56 Å². The molecule has 1 heterocycles. The van der Waals surface area contributed by atoms with Gasteiger partial charge in [0, 0.05) is 16.4 Å². The molecule has 0 spiro atoms. The smallest absolute Gasteiger partial charge is 0.362 e. The van der Waals surface area contributed by atoms with Crippen LogP contribution in [0.15, 0.2) is 27.6 Å². The van der Waals surface area contributed by atoms with Crippen molar-refractivity contribution in [1.29, 1.82) is 0 Å². The first-order valence-electron chi connectivity index (χ1n) is 7.55. The molecule has 128 valence electrons. The van der Waals surface area contributed by atoms with Crippen molar-refractivity contribution in [2.45, 2.75) is 23.7 Å². The molecule has 0 saturated heterocycles. The van der Waals surface area contributed by atoms with E-state index >= 15 is 0 Å². The molecule has 0 atom stereocenters. The summed E-state index contributed by atoms with van der Waals surface area (Å²) in [5, 5.41) is 4.06. The van der Waals surface area contributed by atoms with Gasteiger partial charge in [-0.15, -0.1) is 18.2 Å². The van der Waals surface area contributed by atoms with Gasteiger partial charge in [-0.2, -0.15) is 0 Å². The first-order valence-corrected chi connectivity index (χ1v) is 9.15. The number of esters is 1. The van der Waals surface area contributed by atoms with Gasteiger partial charge in [0.2, 0.25) is 11.5 Å². The molecule has 1 aromatic heterocycles. The van der Waals surface area contributed by atoms with E-state index in [1.165, 1.54) is 11.8 Å². The Balaban J connectivity index is 2.02. The van der Waals surface area contributed by atoms with Crippen LogP contribution < -0.4 is 0 Å². The molecule has 0 amide bonds. The van der Waals surface area contributed by atoms with E-state index in [1.54, 1.807) is 18.2 Å². The van der Waals surface area contributed by atoms with E-state index in [1.807, 2.05) is 6.26 Å². The van der Waals surface area contributed by atoms with Crippen LogP contribution in [0.4, 0.5) is 0 Å². The maximum absolute atomic E-state index is 13.0. The Morgan fingerprint density at radius 2 is 2.24 bits per heavy atom. The Kier molecular flexibility index (Phi) is 5.16. The summed E-state index contributed by atoms with van der Waals surface area (Å²) < 4.78 is 10.2. The fraction of sp³-hybridized carbons (Fsp3) is 0.278. The van der Waals surface area contributed by atoms with Gasteiger partial charge in [-0.1, -0.05) is 22.7 Å². The highest BCUT2D eigenvalue weighted by atomic mass is 35.5. The van der Waals surface area contributed by atoms with Crippen molar-refractivity contribution < 1.29 is 18.8 Å². The van der Waals surface area contributed by atoms with Gasteiger partial charge in [0.25, 0.3) is 0 Å². The van der Waals surface area contributed by atoms with Crippen molar-refractivity contribution in [1.82, 2.24) is 5.16 Å². The molecule has 1 aliphatic carbocycles. The van der Waals surface area contributed by atoms with E-state index in [9.17, 15) is 9.59 Å².